The van der Waals surface area contributed by atoms with Gasteiger partial charge in [-0.1, -0.05) is 28.1 Å². The number of nitrogens with one attached hydrogen (secondary N) is 1. The van der Waals surface area contributed by atoms with Gasteiger partial charge in [0.15, 0.2) is 0 Å². The zero-order valence-corrected chi connectivity index (χ0v) is 15.7. The summed E-state index contributed by atoms with van der Waals surface area (Å²) in [6, 6.07) is 7.60. The first kappa shape index (κ1) is 17.2. The van der Waals surface area contributed by atoms with Crippen LogP contribution in [0.4, 0.5) is 5.69 Å². The molecule has 0 saturated heterocycles. The molecule has 3 rings (SSSR count). The fourth-order valence-electron chi connectivity index (χ4n) is 3.67. The van der Waals surface area contributed by atoms with Gasteiger partial charge in [-0.05, 0) is 54.4 Å². The quantitative estimate of drug-likeness (QED) is 0.776. The summed E-state index contributed by atoms with van der Waals surface area (Å²) in [6.45, 7) is 0. The fourth-order valence-corrected chi connectivity index (χ4v) is 3.94. The third-order valence-corrected chi connectivity index (χ3v) is 5.84. The van der Waals surface area contributed by atoms with Crippen LogP contribution >= 0.6 is 15.9 Å². The molecule has 2 aliphatic rings. The van der Waals surface area contributed by atoms with Crippen molar-refractivity contribution in [3.63, 3.8) is 0 Å². The third kappa shape index (κ3) is 3.56. The Kier molecular flexibility index (Phi) is 4.81. The summed E-state index contributed by atoms with van der Waals surface area (Å²) in [6.07, 6.45) is 7.57. The molecule has 0 bridgehead atoms. The monoisotopic (exact) mass is 390 g/mol. The van der Waals surface area contributed by atoms with Gasteiger partial charge in [0, 0.05) is 37.1 Å². The first-order chi connectivity index (χ1) is 11.4. The van der Waals surface area contributed by atoms with Crippen LogP contribution < -0.4 is 5.32 Å². The molecule has 1 aromatic rings. The summed E-state index contributed by atoms with van der Waals surface area (Å²) >= 11 is 3.39. The Bertz CT molecular complexity index is 662. The number of carbonyl (C=O) groups is 2. The molecule has 0 aromatic heterocycles. The molecule has 2 unspecified atom stereocenters. The largest absolute Gasteiger partial charge is 0.349 e. The van der Waals surface area contributed by atoms with E-state index >= 15 is 0 Å². The lowest BCUT2D eigenvalue weighted by Gasteiger charge is -2.25. The lowest BCUT2D eigenvalue weighted by atomic mass is 9.80. The van der Waals surface area contributed by atoms with E-state index < -0.39 is 0 Å². The second-order valence-corrected chi connectivity index (χ2v) is 8.00. The van der Waals surface area contributed by atoms with Gasteiger partial charge in [0.05, 0.1) is 0 Å². The summed E-state index contributed by atoms with van der Waals surface area (Å²) in [7, 11) is 3.59. The average Bonchev–Trinajstić information content (AvgIpc) is 3.27. The number of halogens is 1. The molecule has 2 aliphatic carbocycles. The van der Waals surface area contributed by atoms with E-state index in [1.165, 1.54) is 0 Å². The van der Waals surface area contributed by atoms with E-state index in [4.69, 9.17) is 0 Å². The van der Waals surface area contributed by atoms with E-state index in [-0.39, 0.29) is 29.1 Å². The van der Waals surface area contributed by atoms with Gasteiger partial charge in [-0.25, -0.2) is 0 Å². The molecule has 2 amide bonds. The Balaban J connectivity index is 1.58. The van der Waals surface area contributed by atoms with Gasteiger partial charge in [-0.15, -0.1) is 0 Å². The minimum Gasteiger partial charge on any atom is -0.349 e. The number of anilines is 1. The first-order valence-corrected chi connectivity index (χ1v) is 9.14. The number of rotatable bonds is 5. The van der Waals surface area contributed by atoms with E-state index in [2.05, 4.69) is 33.4 Å². The minimum absolute atomic E-state index is 0.0397. The van der Waals surface area contributed by atoms with Gasteiger partial charge in [-0.2, -0.15) is 0 Å². The van der Waals surface area contributed by atoms with Crippen LogP contribution in [0.1, 0.15) is 25.7 Å². The van der Waals surface area contributed by atoms with E-state index in [1.807, 2.05) is 24.3 Å². The van der Waals surface area contributed by atoms with Crippen LogP contribution in [0, 0.1) is 17.3 Å². The highest BCUT2D eigenvalue weighted by Crippen LogP contribution is 2.63. The number of benzene rings is 1. The number of allylic oxidation sites excluding steroid dienone is 2. The molecule has 1 aromatic carbocycles. The second kappa shape index (κ2) is 6.71. The molecule has 0 heterocycles. The molecule has 4 nitrogen and oxygen atoms in total. The molecule has 5 heteroatoms. The second-order valence-electron chi connectivity index (χ2n) is 7.08. The van der Waals surface area contributed by atoms with Crippen molar-refractivity contribution in [2.24, 2.45) is 17.3 Å². The Hall–Kier alpha value is -1.62. The van der Waals surface area contributed by atoms with Crippen molar-refractivity contribution in [3.05, 3.63) is 40.9 Å². The summed E-state index contributed by atoms with van der Waals surface area (Å²) in [5.41, 5.74) is 0.956. The Morgan fingerprint density at radius 3 is 2.25 bits per heavy atom. The number of carbonyl (C=O) groups excluding carboxylic acids is 2. The molecular formula is C19H23BrN2O2. The number of nitrogens with zero attached hydrogens (tertiary/aromatic N) is 1. The van der Waals surface area contributed by atoms with E-state index in [9.17, 15) is 9.59 Å². The highest BCUT2D eigenvalue weighted by molar-refractivity contribution is 9.10. The first-order valence-electron chi connectivity index (χ1n) is 8.34. The van der Waals surface area contributed by atoms with Crippen molar-refractivity contribution in [1.82, 2.24) is 4.90 Å². The van der Waals surface area contributed by atoms with Crippen LogP contribution in [0.2, 0.25) is 0 Å². The molecular weight excluding hydrogens is 368 g/mol. The van der Waals surface area contributed by atoms with E-state index in [0.717, 1.165) is 23.0 Å². The maximum Gasteiger partial charge on any atom is 0.224 e. The molecule has 0 aliphatic heterocycles. The van der Waals surface area contributed by atoms with E-state index in [0.29, 0.717) is 12.8 Å². The average molecular weight is 391 g/mol. The van der Waals surface area contributed by atoms with Crippen LogP contribution in [0.15, 0.2) is 40.9 Å². The normalized spacial score (nSPS) is 23.3. The highest BCUT2D eigenvalue weighted by Gasteiger charge is 2.56. The Morgan fingerprint density at radius 1 is 1.12 bits per heavy atom. The maximum absolute atomic E-state index is 12.4. The summed E-state index contributed by atoms with van der Waals surface area (Å²) < 4.78 is 0.990. The molecule has 1 N–H and O–H groups in total. The van der Waals surface area contributed by atoms with Crippen molar-refractivity contribution in [2.75, 3.05) is 19.4 Å². The Morgan fingerprint density at radius 2 is 1.71 bits per heavy atom. The third-order valence-electron chi connectivity index (χ3n) is 5.31. The predicted molar refractivity (Wildman–Crippen MR) is 98.5 cm³/mol. The van der Waals surface area contributed by atoms with Gasteiger partial charge >= 0.3 is 0 Å². The van der Waals surface area contributed by atoms with Gasteiger partial charge in [-0.3, -0.25) is 9.59 Å². The van der Waals surface area contributed by atoms with Gasteiger partial charge in [0.25, 0.3) is 0 Å². The summed E-state index contributed by atoms with van der Waals surface area (Å²) in [5, 5.41) is 2.97. The topological polar surface area (TPSA) is 49.4 Å². The molecule has 1 fully saturated rings. The SMILES string of the molecule is CN(C)C(=O)CC1C=CC(CC(=O)Nc2ccc(Br)cc2)C12CC2. The predicted octanol–water partition coefficient (Wildman–Crippen LogP) is 3.84. The van der Waals surface area contributed by atoms with Crippen LogP contribution in [-0.4, -0.2) is 30.8 Å². The lowest BCUT2D eigenvalue weighted by molar-refractivity contribution is -0.129. The number of hydrogen-bond acceptors (Lipinski definition) is 2. The van der Waals surface area contributed by atoms with Crippen molar-refractivity contribution in [3.8, 4) is 0 Å². The van der Waals surface area contributed by atoms with Crippen molar-refractivity contribution >= 4 is 33.4 Å². The maximum atomic E-state index is 12.4. The van der Waals surface area contributed by atoms with Gasteiger partial charge in [0.2, 0.25) is 11.8 Å². The van der Waals surface area contributed by atoms with Crippen LogP contribution in [0.5, 0.6) is 0 Å². The molecule has 1 saturated carbocycles. The number of hydrogen-bond donors (Lipinski definition) is 1. The molecule has 2 atom stereocenters. The highest BCUT2D eigenvalue weighted by atomic mass is 79.9. The van der Waals surface area contributed by atoms with Crippen molar-refractivity contribution in [1.29, 1.82) is 0 Å². The molecule has 128 valence electrons. The van der Waals surface area contributed by atoms with E-state index in [1.54, 1.807) is 19.0 Å². The van der Waals surface area contributed by atoms with Gasteiger partial charge < -0.3 is 10.2 Å². The molecule has 0 radical (unpaired) electrons. The smallest absolute Gasteiger partial charge is 0.224 e. The van der Waals surface area contributed by atoms with Crippen LogP contribution in [-0.2, 0) is 9.59 Å². The summed E-state index contributed by atoms with van der Waals surface area (Å²) in [5.74, 6) is 0.722. The molecule has 1 spiro atoms. The van der Waals surface area contributed by atoms with Crippen molar-refractivity contribution < 1.29 is 9.59 Å². The fraction of sp³-hybridized carbons (Fsp3) is 0.474. The van der Waals surface area contributed by atoms with Crippen LogP contribution in [0.3, 0.4) is 0 Å². The zero-order valence-electron chi connectivity index (χ0n) is 14.1. The van der Waals surface area contributed by atoms with Gasteiger partial charge in [0.1, 0.15) is 0 Å². The lowest BCUT2D eigenvalue weighted by Crippen LogP contribution is -2.28. The molecule has 24 heavy (non-hydrogen) atoms. The standard InChI is InChI=1S/C19H23BrN2O2/c1-22(2)18(24)12-14-4-3-13(19(14)9-10-19)11-17(23)21-16-7-5-15(20)6-8-16/h3-8,13-14H,9-12H2,1-2H3,(H,21,23). The minimum atomic E-state index is 0.0397. The number of amides is 2. The zero-order chi connectivity index (χ0) is 17.3. The Labute approximate surface area is 151 Å². The summed E-state index contributed by atoms with van der Waals surface area (Å²) in [4.78, 5) is 26.0. The van der Waals surface area contributed by atoms with Crippen molar-refractivity contribution in [2.45, 2.75) is 25.7 Å². The van der Waals surface area contributed by atoms with Crippen LogP contribution in [0.25, 0.3) is 0 Å².